The quantitative estimate of drug-likeness (QED) is 0.826. The van der Waals surface area contributed by atoms with Crippen LogP contribution < -0.4 is 0 Å². The Morgan fingerprint density at radius 1 is 1.12 bits per heavy atom. The normalized spacial score (nSPS) is 21.8. The molecule has 1 atom stereocenters. The summed E-state index contributed by atoms with van der Waals surface area (Å²) in [6.07, 6.45) is 2.58. The molecule has 1 aromatic heterocycles. The summed E-state index contributed by atoms with van der Waals surface area (Å²) in [6, 6.07) is 0. The van der Waals surface area contributed by atoms with Crippen molar-refractivity contribution >= 4 is 11.8 Å². The van der Waals surface area contributed by atoms with Crippen LogP contribution in [0, 0.1) is 13.8 Å². The zero-order valence-electron chi connectivity index (χ0n) is 14.4. The SMILES string of the molecule is Cc1noc(C)c1CC(=O)N1CCCN(C(=O)C2CCCO2)CC1. The number of hydrogen-bond donors (Lipinski definition) is 0. The lowest BCUT2D eigenvalue weighted by atomic mass is 10.1. The second-order valence-corrected chi connectivity index (χ2v) is 6.54. The molecule has 0 spiro atoms. The molecule has 2 saturated heterocycles. The van der Waals surface area contributed by atoms with Crippen LogP contribution in [0.15, 0.2) is 4.52 Å². The van der Waals surface area contributed by atoms with Crippen LogP contribution in [0.25, 0.3) is 0 Å². The zero-order valence-corrected chi connectivity index (χ0v) is 14.4. The predicted molar refractivity (Wildman–Crippen MR) is 86.4 cm³/mol. The lowest BCUT2D eigenvalue weighted by Crippen LogP contribution is -2.42. The lowest BCUT2D eigenvalue weighted by Gasteiger charge is -2.24. The van der Waals surface area contributed by atoms with Gasteiger partial charge in [0, 0.05) is 38.3 Å². The monoisotopic (exact) mass is 335 g/mol. The molecule has 0 radical (unpaired) electrons. The number of amides is 2. The largest absolute Gasteiger partial charge is 0.368 e. The molecule has 132 valence electrons. The molecule has 1 aromatic rings. The van der Waals surface area contributed by atoms with Gasteiger partial charge in [0.1, 0.15) is 11.9 Å². The van der Waals surface area contributed by atoms with Crippen LogP contribution in [0.4, 0.5) is 0 Å². The molecular weight excluding hydrogens is 310 g/mol. The fraction of sp³-hybridized carbons (Fsp3) is 0.706. The Balaban J connectivity index is 1.56. The van der Waals surface area contributed by atoms with Crippen molar-refractivity contribution in [2.24, 2.45) is 0 Å². The van der Waals surface area contributed by atoms with Crippen molar-refractivity contribution in [1.82, 2.24) is 15.0 Å². The van der Waals surface area contributed by atoms with E-state index >= 15 is 0 Å². The van der Waals surface area contributed by atoms with Crippen molar-refractivity contribution in [2.75, 3.05) is 32.8 Å². The predicted octanol–water partition coefficient (Wildman–Crippen LogP) is 1.07. The summed E-state index contributed by atoms with van der Waals surface area (Å²) in [7, 11) is 0. The molecule has 2 aliphatic rings. The Labute approximate surface area is 141 Å². The average molecular weight is 335 g/mol. The third kappa shape index (κ3) is 3.61. The summed E-state index contributed by atoms with van der Waals surface area (Å²) < 4.78 is 10.6. The summed E-state index contributed by atoms with van der Waals surface area (Å²) in [4.78, 5) is 28.7. The highest BCUT2D eigenvalue weighted by Gasteiger charge is 2.30. The van der Waals surface area contributed by atoms with Gasteiger partial charge in [-0.05, 0) is 33.1 Å². The van der Waals surface area contributed by atoms with Gasteiger partial charge in [-0.3, -0.25) is 9.59 Å². The molecule has 7 heteroatoms. The van der Waals surface area contributed by atoms with Crippen molar-refractivity contribution in [2.45, 2.75) is 45.6 Å². The minimum atomic E-state index is -0.283. The Hall–Kier alpha value is -1.89. The number of nitrogens with zero attached hydrogens (tertiary/aromatic N) is 3. The van der Waals surface area contributed by atoms with E-state index in [1.54, 1.807) is 0 Å². The van der Waals surface area contributed by atoms with Gasteiger partial charge < -0.3 is 19.1 Å². The van der Waals surface area contributed by atoms with Gasteiger partial charge in [-0.15, -0.1) is 0 Å². The fourth-order valence-electron chi connectivity index (χ4n) is 3.38. The average Bonchev–Trinajstić information content (AvgIpc) is 3.13. The number of ether oxygens (including phenoxy) is 1. The van der Waals surface area contributed by atoms with Crippen LogP contribution in [-0.2, 0) is 20.7 Å². The van der Waals surface area contributed by atoms with Crippen LogP contribution in [0.5, 0.6) is 0 Å². The molecule has 7 nitrogen and oxygen atoms in total. The third-order valence-corrected chi connectivity index (χ3v) is 4.87. The van der Waals surface area contributed by atoms with Gasteiger partial charge in [-0.2, -0.15) is 0 Å². The lowest BCUT2D eigenvalue weighted by molar-refractivity contribution is -0.141. The van der Waals surface area contributed by atoms with Gasteiger partial charge in [0.25, 0.3) is 5.91 Å². The molecule has 0 bridgehead atoms. The standard InChI is InChI=1S/C17H25N3O4/c1-12-14(13(2)24-18-12)11-16(21)19-6-4-7-20(9-8-19)17(22)15-5-3-10-23-15/h15H,3-11H2,1-2H3. The fourth-order valence-corrected chi connectivity index (χ4v) is 3.38. The molecule has 3 rings (SSSR count). The van der Waals surface area contributed by atoms with E-state index in [1.165, 1.54) is 0 Å². The second kappa shape index (κ2) is 7.34. The third-order valence-electron chi connectivity index (χ3n) is 4.87. The van der Waals surface area contributed by atoms with Crippen molar-refractivity contribution in [3.05, 3.63) is 17.0 Å². The number of aromatic nitrogens is 1. The summed E-state index contributed by atoms with van der Waals surface area (Å²) in [6.45, 7) is 6.86. The van der Waals surface area contributed by atoms with Gasteiger partial charge in [0.2, 0.25) is 5.91 Å². The highest BCUT2D eigenvalue weighted by atomic mass is 16.5. The number of hydrogen-bond acceptors (Lipinski definition) is 5. The van der Waals surface area contributed by atoms with Crippen molar-refractivity contribution in [3.8, 4) is 0 Å². The van der Waals surface area contributed by atoms with Gasteiger partial charge in [-0.25, -0.2) is 0 Å². The van der Waals surface area contributed by atoms with E-state index in [9.17, 15) is 9.59 Å². The molecule has 24 heavy (non-hydrogen) atoms. The first-order valence-electron chi connectivity index (χ1n) is 8.66. The maximum absolute atomic E-state index is 12.6. The number of carbonyl (C=O) groups is 2. The van der Waals surface area contributed by atoms with E-state index in [0.717, 1.165) is 30.5 Å². The summed E-state index contributed by atoms with van der Waals surface area (Å²) in [5, 5.41) is 3.90. The molecule has 0 saturated carbocycles. The first-order chi connectivity index (χ1) is 11.6. The number of aryl methyl sites for hydroxylation is 2. The van der Waals surface area contributed by atoms with Crippen LogP contribution >= 0.6 is 0 Å². The Morgan fingerprint density at radius 3 is 2.54 bits per heavy atom. The topological polar surface area (TPSA) is 75.9 Å². The van der Waals surface area contributed by atoms with Crippen molar-refractivity contribution in [1.29, 1.82) is 0 Å². The Morgan fingerprint density at radius 2 is 1.88 bits per heavy atom. The molecule has 2 fully saturated rings. The van der Waals surface area contributed by atoms with Gasteiger partial charge in [-0.1, -0.05) is 5.16 Å². The maximum Gasteiger partial charge on any atom is 0.251 e. The molecule has 0 N–H and O–H groups in total. The summed E-state index contributed by atoms with van der Waals surface area (Å²) in [5.41, 5.74) is 1.64. The van der Waals surface area contributed by atoms with E-state index in [1.807, 2.05) is 23.6 Å². The smallest absolute Gasteiger partial charge is 0.251 e. The van der Waals surface area contributed by atoms with Gasteiger partial charge >= 0.3 is 0 Å². The van der Waals surface area contributed by atoms with E-state index in [-0.39, 0.29) is 17.9 Å². The first kappa shape index (κ1) is 17.0. The molecule has 1 unspecified atom stereocenters. The maximum atomic E-state index is 12.6. The van der Waals surface area contributed by atoms with Gasteiger partial charge in [0.05, 0.1) is 12.1 Å². The zero-order chi connectivity index (χ0) is 17.1. The molecule has 2 amide bonds. The molecular formula is C17H25N3O4. The summed E-state index contributed by atoms with van der Waals surface area (Å²) in [5.74, 6) is 0.842. The minimum Gasteiger partial charge on any atom is -0.368 e. The molecule has 3 heterocycles. The minimum absolute atomic E-state index is 0.0656. The van der Waals surface area contributed by atoms with Crippen LogP contribution in [0.1, 0.15) is 36.3 Å². The van der Waals surface area contributed by atoms with Crippen molar-refractivity contribution < 1.29 is 18.8 Å². The summed E-state index contributed by atoms with van der Waals surface area (Å²) >= 11 is 0. The highest BCUT2D eigenvalue weighted by Crippen LogP contribution is 2.17. The first-order valence-corrected chi connectivity index (χ1v) is 8.66. The second-order valence-electron chi connectivity index (χ2n) is 6.54. The Bertz CT molecular complexity index is 587. The Kier molecular flexibility index (Phi) is 5.18. The van der Waals surface area contributed by atoms with E-state index in [4.69, 9.17) is 9.26 Å². The molecule has 0 aromatic carbocycles. The van der Waals surface area contributed by atoms with Crippen LogP contribution in [0.2, 0.25) is 0 Å². The van der Waals surface area contributed by atoms with Crippen LogP contribution in [-0.4, -0.2) is 65.7 Å². The van der Waals surface area contributed by atoms with E-state index < -0.39 is 0 Å². The molecule has 0 aliphatic carbocycles. The van der Waals surface area contributed by atoms with Gasteiger partial charge in [0.15, 0.2) is 0 Å². The number of carbonyl (C=O) groups excluding carboxylic acids is 2. The molecule has 2 aliphatic heterocycles. The van der Waals surface area contributed by atoms with E-state index in [0.29, 0.717) is 45.0 Å². The van der Waals surface area contributed by atoms with Crippen LogP contribution in [0.3, 0.4) is 0 Å². The van der Waals surface area contributed by atoms with E-state index in [2.05, 4.69) is 5.16 Å². The van der Waals surface area contributed by atoms with Crippen molar-refractivity contribution in [3.63, 3.8) is 0 Å². The number of rotatable bonds is 3. The highest BCUT2D eigenvalue weighted by molar-refractivity contribution is 5.82.